The van der Waals surface area contributed by atoms with E-state index in [1.54, 1.807) is 25.6 Å². The van der Waals surface area contributed by atoms with Crippen LogP contribution in [0.15, 0.2) is 60.9 Å². The largest absolute Gasteiger partial charge is 0.496 e. The van der Waals surface area contributed by atoms with Crippen LogP contribution in [0.3, 0.4) is 0 Å². The zero-order valence-electron chi connectivity index (χ0n) is 16.2. The fourth-order valence-electron chi connectivity index (χ4n) is 3.16. The Morgan fingerprint density at radius 3 is 2.52 bits per heavy atom. The molecule has 4 heteroatoms. The third-order valence-corrected chi connectivity index (χ3v) is 4.88. The van der Waals surface area contributed by atoms with Crippen LogP contribution in [0.25, 0.3) is 0 Å². The Morgan fingerprint density at radius 2 is 1.78 bits per heavy atom. The number of methoxy groups -OCH3 is 1. The summed E-state index contributed by atoms with van der Waals surface area (Å²) < 4.78 is 5.50. The number of rotatable bonds is 5. The van der Waals surface area contributed by atoms with Crippen molar-refractivity contribution in [3.8, 4) is 5.75 Å². The SMILES string of the molecule is COc1ccccc1CN(C(=O)c1ccncc1C)c1cccc(C)c1C. The quantitative estimate of drug-likeness (QED) is 0.652. The first-order valence-electron chi connectivity index (χ1n) is 8.93. The minimum absolute atomic E-state index is 0.0468. The number of anilines is 1. The first-order chi connectivity index (χ1) is 13.0. The molecule has 0 unspecified atom stereocenters. The predicted octanol–water partition coefficient (Wildman–Crippen LogP) is 4.86. The Hall–Kier alpha value is -3.14. The van der Waals surface area contributed by atoms with Crippen molar-refractivity contribution in [3.63, 3.8) is 0 Å². The van der Waals surface area contributed by atoms with E-state index in [1.165, 1.54) is 0 Å². The van der Waals surface area contributed by atoms with Crippen LogP contribution in [0.5, 0.6) is 5.75 Å². The lowest BCUT2D eigenvalue weighted by Gasteiger charge is -2.27. The Labute approximate surface area is 160 Å². The lowest BCUT2D eigenvalue weighted by Crippen LogP contribution is -2.32. The molecule has 0 spiro atoms. The number of para-hydroxylation sites is 1. The average molecular weight is 360 g/mol. The standard InChI is InChI=1S/C23H24N2O2/c1-16-8-7-10-21(18(16)3)25(15-19-9-5-6-11-22(19)27-4)23(26)20-12-13-24-14-17(20)2/h5-14H,15H2,1-4H3. The summed E-state index contributed by atoms with van der Waals surface area (Å²) in [6.07, 6.45) is 3.38. The van der Waals surface area contributed by atoms with E-state index in [0.29, 0.717) is 12.1 Å². The molecular weight excluding hydrogens is 336 g/mol. The number of aryl methyl sites for hydroxylation is 2. The van der Waals surface area contributed by atoms with Gasteiger partial charge >= 0.3 is 0 Å². The monoisotopic (exact) mass is 360 g/mol. The topological polar surface area (TPSA) is 42.4 Å². The summed E-state index contributed by atoms with van der Waals surface area (Å²) in [5.74, 6) is 0.724. The van der Waals surface area contributed by atoms with Crippen molar-refractivity contribution in [1.29, 1.82) is 0 Å². The smallest absolute Gasteiger partial charge is 0.258 e. The summed E-state index contributed by atoms with van der Waals surface area (Å²) in [6, 6.07) is 15.6. The van der Waals surface area contributed by atoms with Crippen LogP contribution in [0.2, 0.25) is 0 Å². The number of amides is 1. The van der Waals surface area contributed by atoms with Gasteiger partial charge in [0.2, 0.25) is 0 Å². The van der Waals surface area contributed by atoms with Crippen LogP contribution in [0.4, 0.5) is 5.69 Å². The van der Waals surface area contributed by atoms with Crippen LogP contribution >= 0.6 is 0 Å². The molecule has 1 amide bonds. The summed E-state index contributed by atoms with van der Waals surface area (Å²) in [7, 11) is 1.65. The number of carbonyl (C=O) groups excluding carboxylic acids is 1. The Bertz CT molecular complexity index is 966. The molecule has 0 aliphatic heterocycles. The number of nitrogens with zero attached hydrogens (tertiary/aromatic N) is 2. The Balaban J connectivity index is 2.10. The van der Waals surface area contributed by atoms with Crippen molar-refractivity contribution in [3.05, 3.63) is 88.7 Å². The van der Waals surface area contributed by atoms with E-state index in [1.807, 2.05) is 55.1 Å². The first-order valence-corrected chi connectivity index (χ1v) is 8.93. The number of aromatic nitrogens is 1. The van der Waals surface area contributed by atoms with E-state index in [-0.39, 0.29) is 5.91 Å². The highest BCUT2D eigenvalue weighted by atomic mass is 16.5. The van der Waals surface area contributed by atoms with Crippen LogP contribution in [-0.2, 0) is 6.54 Å². The number of hydrogen-bond acceptors (Lipinski definition) is 3. The number of benzene rings is 2. The van der Waals surface area contributed by atoms with E-state index >= 15 is 0 Å². The molecule has 0 N–H and O–H groups in total. The molecule has 27 heavy (non-hydrogen) atoms. The third-order valence-electron chi connectivity index (χ3n) is 4.88. The molecule has 0 fully saturated rings. The lowest BCUT2D eigenvalue weighted by atomic mass is 10.0. The van der Waals surface area contributed by atoms with E-state index < -0.39 is 0 Å². The zero-order chi connectivity index (χ0) is 19.4. The molecule has 3 rings (SSSR count). The Kier molecular flexibility index (Phi) is 5.55. The molecule has 3 aromatic rings. The molecule has 1 aromatic heterocycles. The fraction of sp³-hybridized carbons (Fsp3) is 0.217. The highest BCUT2D eigenvalue weighted by Crippen LogP contribution is 2.29. The van der Waals surface area contributed by atoms with Gasteiger partial charge in [-0.3, -0.25) is 9.78 Å². The van der Waals surface area contributed by atoms with Gasteiger partial charge in [0, 0.05) is 29.2 Å². The number of hydrogen-bond donors (Lipinski definition) is 0. The van der Waals surface area contributed by atoms with E-state index in [4.69, 9.17) is 4.74 Å². The van der Waals surface area contributed by atoms with Gasteiger partial charge < -0.3 is 9.64 Å². The van der Waals surface area contributed by atoms with Crippen LogP contribution in [0, 0.1) is 20.8 Å². The molecule has 0 saturated carbocycles. The van der Waals surface area contributed by atoms with Crippen molar-refractivity contribution in [2.45, 2.75) is 27.3 Å². The van der Waals surface area contributed by atoms with Crippen molar-refractivity contribution < 1.29 is 9.53 Å². The average Bonchev–Trinajstić information content (AvgIpc) is 2.69. The molecular formula is C23H24N2O2. The maximum absolute atomic E-state index is 13.5. The molecule has 0 radical (unpaired) electrons. The highest BCUT2D eigenvalue weighted by Gasteiger charge is 2.22. The molecule has 0 aliphatic carbocycles. The summed E-state index contributed by atoms with van der Waals surface area (Å²) in [4.78, 5) is 19.4. The molecule has 4 nitrogen and oxygen atoms in total. The number of carbonyl (C=O) groups is 1. The fourth-order valence-corrected chi connectivity index (χ4v) is 3.16. The molecule has 0 bridgehead atoms. The van der Waals surface area contributed by atoms with Gasteiger partial charge in [0.25, 0.3) is 5.91 Å². The van der Waals surface area contributed by atoms with Crippen LogP contribution in [-0.4, -0.2) is 18.0 Å². The highest BCUT2D eigenvalue weighted by molar-refractivity contribution is 6.07. The second-order valence-corrected chi connectivity index (χ2v) is 6.61. The van der Waals surface area contributed by atoms with Gasteiger partial charge in [-0.05, 0) is 55.7 Å². The maximum atomic E-state index is 13.5. The normalized spacial score (nSPS) is 10.5. The van der Waals surface area contributed by atoms with E-state index in [0.717, 1.165) is 33.7 Å². The zero-order valence-corrected chi connectivity index (χ0v) is 16.2. The molecule has 138 valence electrons. The second kappa shape index (κ2) is 8.04. The first kappa shape index (κ1) is 18.6. The molecule has 0 saturated heterocycles. The van der Waals surface area contributed by atoms with Crippen molar-refractivity contribution >= 4 is 11.6 Å². The summed E-state index contributed by atoms with van der Waals surface area (Å²) in [5, 5.41) is 0. The van der Waals surface area contributed by atoms with Gasteiger partial charge in [-0.2, -0.15) is 0 Å². The van der Waals surface area contributed by atoms with Gasteiger partial charge in [0.15, 0.2) is 0 Å². The van der Waals surface area contributed by atoms with Crippen molar-refractivity contribution in [2.24, 2.45) is 0 Å². The van der Waals surface area contributed by atoms with Gasteiger partial charge in [-0.25, -0.2) is 0 Å². The van der Waals surface area contributed by atoms with Gasteiger partial charge in [-0.15, -0.1) is 0 Å². The summed E-state index contributed by atoms with van der Waals surface area (Å²) in [6.45, 7) is 6.44. The molecule has 1 heterocycles. The number of pyridine rings is 1. The molecule has 2 aromatic carbocycles. The lowest BCUT2D eigenvalue weighted by molar-refractivity contribution is 0.0984. The van der Waals surface area contributed by atoms with Crippen LogP contribution < -0.4 is 9.64 Å². The Morgan fingerprint density at radius 1 is 1.00 bits per heavy atom. The third kappa shape index (κ3) is 3.85. The van der Waals surface area contributed by atoms with Gasteiger partial charge in [-0.1, -0.05) is 30.3 Å². The van der Waals surface area contributed by atoms with Crippen LogP contribution in [0.1, 0.15) is 32.6 Å². The van der Waals surface area contributed by atoms with Gasteiger partial charge in [0.1, 0.15) is 5.75 Å². The minimum atomic E-state index is -0.0468. The predicted molar refractivity (Wildman–Crippen MR) is 108 cm³/mol. The van der Waals surface area contributed by atoms with E-state index in [9.17, 15) is 4.79 Å². The van der Waals surface area contributed by atoms with Gasteiger partial charge in [0.05, 0.1) is 13.7 Å². The summed E-state index contributed by atoms with van der Waals surface area (Å²) >= 11 is 0. The summed E-state index contributed by atoms with van der Waals surface area (Å²) in [5.41, 5.74) is 5.62. The molecule has 0 atom stereocenters. The maximum Gasteiger partial charge on any atom is 0.258 e. The number of ether oxygens (including phenoxy) is 1. The van der Waals surface area contributed by atoms with Crippen molar-refractivity contribution in [2.75, 3.05) is 12.0 Å². The molecule has 0 aliphatic rings. The minimum Gasteiger partial charge on any atom is -0.496 e. The second-order valence-electron chi connectivity index (χ2n) is 6.61. The van der Waals surface area contributed by atoms with Crippen molar-refractivity contribution in [1.82, 2.24) is 4.98 Å². The van der Waals surface area contributed by atoms with E-state index in [2.05, 4.69) is 18.0 Å².